The number of hydrogen-bond acceptors (Lipinski definition) is 4. The predicted molar refractivity (Wildman–Crippen MR) is 117 cm³/mol. The van der Waals surface area contributed by atoms with Gasteiger partial charge in [-0.1, -0.05) is 43.5 Å². The number of nitrogens with one attached hydrogen (secondary N) is 2. The van der Waals surface area contributed by atoms with Gasteiger partial charge >= 0.3 is 0 Å². The first-order valence-electron chi connectivity index (χ1n) is 10.7. The molecule has 2 N–H and O–H groups in total. The Balaban J connectivity index is 1.41. The Kier molecular flexibility index (Phi) is 7.92. The fourth-order valence-corrected chi connectivity index (χ4v) is 4.45. The molecular formula is C22H33ClN4O2. The molecular weight excluding hydrogens is 388 g/mol. The lowest BCUT2D eigenvalue weighted by atomic mass is 9.86. The minimum atomic E-state index is -0.136. The minimum absolute atomic E-state index is 0.0661. The summed E-state index contributed by atoms with van der Waals surface area (Å²) >= 11 is 6.10. The number of piperazine rings is 1. The number of hydrogen-bond donors (Lipinski definition) is 2. The van der Waals surface area contributed by atoms with Crippen molar-refractivity contribution in [3.05, 3.63) is 29.3 Å². The van der Waals surface area contributed by atoms with Crippen LogP contribution in [0.4, 0.5) is 5.69 Å². The van der Waals surface area contributed by atoms with Crippen molar-refractivity contribution >= 4 is 29.1 Å². The van der Waals surface area contributed by atoms with Crippen LogP contribution in [0, 0.1) is 5.92 Å². The number of para-hydroxylation sites is 1. The van der Waals surface area contributed by atoms with Gasteiger partial charge in [-0.3, -0.25) is 19.4 Å². The Labute approximate surface area is 179 Å². The quantitative estimate of drug-likeness (QED) is 0.742. The van der Waals surface area contributed by atoms with Crippen LogP contribution in [0.1, 0.15) is 39.5 Å². The van der Waals surface area contributed by atoms with E-state index in [4.69, 9.17) is 11.6 Å². The molecule has 0 aromatic heterocycles. The first-order chi connectivity index (χ1) is 13.9. The van der Waals surface area contributed by atoms with Crippen LogP contribution in [0.25, 0.3) is 0 Å². The summed E-state index contributed by atoms with van der Waals surface area (Å²) in [5.41, 5.74) is 0.639. The molecule has 1 aliphatic heterocycles. The molecule has 1 aromatic carbocycles. The van der Waals surface area contributed by atoms with Crippen molar-refractivity contribution in [1.82, 2.24) is 15.1 Å². The maximum Gasteiger partial charge on any atom is 0.238 e. The minimum Gasteiger partial charge on any atom is -0.352 e. The average Bonchev–Trinajstić information content (AvgIpc) is 2.71. The molecule has 6 nitrogen and oxygen atoms in total. The lowest BCUT2D eigenvalue weighted by Gasteiger charge is -2.38. The van der Waals surface area contributed by atoms with Crippen molar-refractivity contribution in [2.75, 3.05) is 38.0 Å². The normalized spacial score (nSPS) is 24.7. The van der Waals surface area contributed by atoms with Crippen molar-refractivity contribution < 1.29 is 9.59 Å². The van der Waals surface area contributed by atoms with Gasteiger partial charge < -0.3 is 10.6 Å². The summed E-state index contributed by atoms with van der Waals surface area (Å²) < 4.78 is 0. The topological polar surface area (TPSA) is 64.7 Å². The van der Waals surface area contributed by atoms with Crippen LogP contribution >= 0.6 is 11.6 Å². The van der Waals surface area contributed by atoms with Gasteiger partial charge in [-0.15, -0.1) is 0 Å². The van der Waals surface area contributed by atoms with Gasteiger partial charge in [0.15, 0.2) is 0 Å². The van der Waals surface area contributed by atoms with Crippen LogP contribution in [0.3, 0.4) is 0 Å². The highest BCUT2D eigenvalue weighted by Crippen LogP contribution is 2.24. The number of benzene rings is 1. The summed E-state index contributed by atoms with van der Waals surface area (Å²) in [6.45, 7) is 7.67. The Morgan fingerprint density at radius 2 is 1.83 bits per heavy atom. The fraction of sp³-hybridized carbons (Fsp3) is 0.636. The van der Waals surface area contributed by atoms with E-state index < -0.39 is 0 Å². The zero-order valence-corrected chi connectivity index (χ0v) is 18.3. The van der Waals surface area contributed by atoms with E-state index in [2.05, 4.69) is 27.4 Å². The molecule has 7 heteroatoms. The summed E-state index contributed by atoms with van der Waals surface area (Å²) in [5, 5.41) is 6.68. The van der Waals surface area contributed by atoms with Crippen LogP contribution in [-0.2, 0) is 9.59 Å². The maximum atomic E-state index is 12.7. The second kappa shape index (κ2) is 10.4. The van der Waals surface area contributed by atoms with Gasteiger partial charge in [0.05, 0.1) is 23.3 Å². The van der Waals surface area contributed by atoms with Gasteiger partial charge in [-0.05, 0) is 37.8 Å². The number of amides is 2. The first kappa shape index (κ1) is 22.1. The number of halogens is 1. The Morgan fingerprint density at radius 1 is 1.14 bits per heavy atom. The van der Waals surface area contributed by atoms with Crippen molar-refractivity contribution in [3.8, 4) is 0 Å². The molecule has 1 saturated carbocycles. The van der Waals surface area contributed by atoms with E-state index in [-0.39, 0.29) is 17.9 Å². The highest BCUT2D eigenvalue weighted by molar-refractivity contribution is 6.33. The molecule has 1 aliphatic carbocycles. The van der Waals surface area contributed by atoms with E-state index in [1.54, 1.807) is 12.1 Å². The van der Waals surface area contributed by atoms with Gasteiger partial charge in [0.1, 0.15) is 0 Å². The van der Waals surface area contributed by atoms with Crippen molar-refractivity contribution in [1.29, 1.82) is 0 Å². The summed E-state index contributed by atoms with van der Waals surface area (Å²) in [6, 6.07) is 7.42. The summed E-state index contributed by atoms with van der Waals surface area (Å²) in [4.78, 5) is 29.4. The number of carbonyl (C=O) groups excluding carboxylic acids is 2. The molecule has 160 valence electrons. The van der Waals surface area contributed by atoms with Crippen LogP contribution in [-0.4, -0.2) is 66.4 Å². The Bertz CT molecular complexity index is 706. The third-order valence-electron chi connectivity index (χ3n) is 6.29. The molecule has 0 radical (unpaired) electrons. The molecule has 0 spiro atoms. The molecule has 3 atom stereocenters. The SMILES string of the molecule is C[C@@H]1CCCC[C@@H]1NC(=O)[C@@H](C)N1CCN(CC(=O)Nc2ccccc2Cl)CC1. The van der Waals surface area contributed by atoms with Gasteiger partial charge in [0.25, 0.3) is 0 Å². The number of carbonyl (C=O) groups is 2. The van der Waals surface area contributed by atoms with Crippen LogP contribution in [0.2, 0.25) is 5.02 Å². The van der Waals surface area contributed by atoms with Gasteiger partial charge in [-0.2, -0.15) is 0 Å². The Morgan fingerprint density at radius 3 is 2.52 bits per heavy atom. The Hall–Kier alpha value is -1.63. The van der Waals surface area contributed by atoms with E-state index in [1.807, 2.05) is 19.1 Å². The van der Waals surface area contributed by atoms with Crippen LogP contribution in [0.15, 0.2) is 24.3 Å². The molecule has 3 rings (SSSR count). The molecule has 0 bridgehead atoms. The highest BCUT2D eigenvalue weighted by atomic mass is 35.5. The molecule has 1 saturated heterocycles. The molecule has 0 unspecified atom stereocenters. The average molecular weight is 421 g/mol. The van der Waals surface area contributed by atoms with Crippen molar-refractivity contribution in [2.45, 2.75) is 51.6 Å². The molecule has 2 amide bonds. The number of nitrogens with zero attached hydrogens (tertiary/aromatic N) is 2. The number of rotatable bonds is 6. The first-order valence-corrected chi connectivity index (χ1v) is 11.1. The largest absolute Gasteiger partial charge is 0.352 e. The van der Waals surface area contributed by atoms with Gasteiger partial charge in [0, 0.05) is 32.2 Å². The van der Waals surface area contributed by atoms with E-state index in [9.17, 15) is 9.59 Å². The number of anilines is 1. The second-order valence-electron chi connectivity index (χ2n) is 8.39. The molecule has 2 aliphatic rings. The van der Waals surface area contributed by atoms with Crippen LogP contribution in [0.5, 0.6) is 0 Å². The van der Waals surface area contributed by atoms with E-state index >= 15 is 0 Å². The van der Waals surface area contributed by atoms with E-state index in [0.29, 0.717) is 29.2 Å². The zero-order chi connectivity index (χ0) is 20.8. The lowest BCUT2D eigenvalue weighted by Crippen LogP contribution is -2.56. The van der Waals surface area contributed by atoms with Crippen molar-refractivity contribution in [3.63, 3.8) is 0 Å². The molecule has 1 heterocycles. The monoisotopic (exact) mass is 420 g/mol. The molecule has 2 fully saturated rings. The third-order valence-corrected chi connectivity index (χ3v) is 6.62. The summed E-state index contributed by atoms with van der Waals surface area (Å²) in [5.74, 6) is 0.630. The predicted octanol–water partition coefficient (Wildman–Crippen LogP) is 2.98. The van der Waals surface area contributed by atoms with Gasteiger partial charge in [0.2, 0.25) is 11.8 Å². The zero-order valence-electron chi connectivity index (χ0n) is 17.5. The van der Waals surface area contributed by atoms with E-state index in [1.165, 1.54) is 19.3 Å². The third kappa shape index (κ3) is 6.17. The lowest BCUT2D eigenvalue weighted by molar-refractivity contribution is -0.128. The molecule has 1 aromatic rings. The highest BCUT2D eigenvalue weighted by Gasteiger charge is 2.29. The second-order valence-corrected chi connectivity index (χ2v) is 8.80. The standard InChI is InChI=1S/C22H33ClN4O2/c1-16-7-3-5-9-19(16)25-22(29)17(2)27-13-11-26(12-14-27)15-21(28)24-20-10-6-4-8-18(20)23/h4,6,8,10,16-17,19H,3,5,7,9,11-15H2,1-2H3,(H,24,28)(H,25,29)/t16-,17-,19+/m1/s1. The summed E-state index contributed by atoms with van der Waals surface area (Å²) in [7, 11) is 0. The van der Waals surface area contributed by atoms with Gasteiger partial charge in [-0.25, -0.2) is 0 Å². The fourth-order valence-electron chi connectivity index (χ4n) is 4.26. The van der Waals surface area contributed by atoms with E-state index in [0.717, 1.165) is 32.6 Å². The molecule has 29 heavy (non-hydrogen) atoms. The summed E-state index contributed by atoms with van der Waals surface area (Å²) in [6.07, 6.45) is 4.77. The maximum absolute atomic E-state index is 12.7. The smallest absolute Gasteiger partial charge is 0.238 e. The van der Waals surface area contributed by atoms with Crippen LogP contribution < -0.4 is 10.6 Å². The van der Waals surface area contributed by atoms with Crippen molar-refractivity contribution in [2.24, 2.45) is 5.92 Å².